The molecule has 0 unspecified atom stereocenters. The fourth-order valence-electron chi connectivity index (χ4n) is 2.72. The fourth-order valence-corrected chi connectivity index (χ4v) is 4.26. The van der Waals surface area contributed by atoms with Gasteiger partial charge in [0.2, 0.25) is 0 Å². The van der Waals surface area contributed by atoms with Gasteiger partial charge in [-0.15, -0.1) is 11.7 Å². The third-order valence-corrected chi connectivity index (χ3v) is 6.34. The van der Waals surface area contributed by atoms with Crippen LogP contribution < -0.4 is 14.9 Å². The molecular weight excluding hydrogens is 525 g/mol. The van der Waals surface area contributed by atoms with Gasteiger partial charge in [-0.25, -0.2) is 5.43 Å². The van der Waals surface area contributed by atoms with Gasteiger partial charge >= 0.3 is 0 Å². The van der Waals surface area contributed by atoms with Crippen LogP contribution in [0.5, 0.6) is 17.2 Å². The molecule has 2 N–H and O–H groups in total. The minimum atomic E-state index is -0.582. The van der Waals surface area contributed by atoms with Crippen LogP contribution in [0, 0.1) is 0 Å². The van der Waals surface area contributed by atoms with E-state index in [0.29, 0.717) is 10.5 Å². The summed E-state index contributed by atoms with van der Waals surface area (Å²) in [7, 11) is 1.43. The van der Waals surface area contributed by atoms with E-state index >= 15 is 0 Å². The molecule has 1 saturated heterocycles. The van der Waals surface area contributed by atoms with Crippen LogP contribution in [0.15, 0.2) is 53.0 Å². The molecule has 2 aromatic rings. The third-order valence-electron chi connectivity index (χ3n) is 4.31. The number of thioether (sulfide) groups is 1. The first kappa shape index (κ1) is 25.8. The van der Waals surface area contributed by atoms with Gasteiger partial charge in [-0.1, -0.05) is 46.9 Å². The van der Waals surface area contributed by atoms with Crippen molar-refractivity contribution >= 4 is 69.6 Å². The summed E-state index contributed by atoms with van der Waals surface area (Å²) in [5.74, 6) is -0.452. The van der Waals surface area contributed by atoms with Crippen LogP contribution in [0.4, 0.5) is 0 Å². The quantitative estimate of drug-likeness (QED) is 0.212. The van der Waals surface area contributed by atoms with E-state index in [1.165, 1.54) is 36.3 Å². The Morgan fingerprint density at radius 2 is 1.94 bits per heavy atom. The molecule has 8 nitrogen and oxygen atoms in total. The molecule has 2 amide bonds. The Morgan fingerprint density at radius 3 is 2.65 bits per heavy atom. The molecule has 178 valence electrons. The number of nitrogens with one attached hydrogen (secondary N) is 1. The average molecular weight is 543 g/mol. The Balaban J connectivity index is 1.71. The van der Waals surface area contributed by atoms with Gasteiger partial charge in [0, 0.05) is 12.6 Å². The van der Waals surface area contributed by atoms with E-state index in [0.717, 1.165) is 11.8 Å². The van der Waals surface area contributed by atoms with E-state index in [9.17, 15) is 14.7 Å². The highest BCUT2D eigenvalue weighted by molar-refractivity contribution is 8.18. The summed E-state index contributed by atoms with van der Waals surface area (Å²) >= 11 is 18.9. The summed E-state index contributed by atoms with van der Waals surface area (Å²) in [4.78, 5) is 26.8. The van der Waals surface area contributed by atoms with Crippen molar-refractivity contribution in [1.29, 1.82) is 0 Å². The van der Waals surface area contributed by atoms with Crippen molar-refractivity contribution in [2.75, 3.05) is 20.3 Å². The molecular formula is C22H18Cl3N3O5S. The van der Waals surface area contributed by atoms with Gasteiger partial charge in [0.1, 0.15) is 5.75 Å². The molecule has 0 spiro atoms. The molecule has 1 heterocycles. The number of nitrogens with zero attached hydrogens (tertiary/aromatic N) is 2. The molecule has 0 bridgehead atoms. The number of aromatic hydroxyl groups is 1. The van der Waals surface area contributed by atoms with Crippen molar-refractivity contribution in [1.82, 2.24) is 10.3 Å². The van der Waals surface area contributed by atoms with Crippen LogP contribution in [0.2, 0.25) is 15.1 Å². The van der Waals surface area contributed by atoms with E-state index in [-0.39, 0.29) is 49.9 Å². The minimum Gasteiger partial charge on any atom is -0.504 e. The highest BCUT2D eigenvalue weighted by atomic mass is 35.5. The lowest BCUT2D eigenvalue weighted by molar-refractivity contribution is -0.123. The number of ether oxygens (including phenoxy) is 2. The summed E-state index contributed by atoms with van der Waals surface area (Å²) in [6, 6.07) is 7.50. The average Bonchev–Trinajstić information content (AvgIpc) is 3.09. The van der Waals surface area contributed by atoms with Crippen LogP contribution in [-0.4, -0.2) is 47.2 Å². The maximum Gasteiger partial charge on any atom is 0.278 e. The number of phenols is 1. The summed E-state index contributed by atoms with van der Waals surface area (Å²) in [6.45, 7) is 3.44. The molecule has 0 radical (unpaired) electrons. The van der Waals surface area contributed by atoms with Gasteiger partial charge in [0.15, 0.2) is 23.3 Å². The SMILES string of the molecule is C=CCN1C(=O)C(=Cc2ccc(O)c(OC)c2)SC1=NNC(=O)COc1cc(Cl)c(Cl)cc1Cl. The Bertz CT molecular complexity index is 1200. The lowest BCUT2D eigenvalue weighted by atomic mass is 10.2. The smallest absolute Gasteiger partial charge is 0.278 e. The normalized spacial score (nSPS) is 15.6. The van der Waals surface area contributed by atoms with Crippen LogP contribution in [0.25, 0.3) is 6.08 Å². The number of amides is 2. The molecule has 1 aliphatic rings. The molecule has 0 aliphatic carbocycles. The van der Waals surface area contributed by atoms with Crippen molar-refractivity contribution in [2.24, 2.45) is 5.10 Å². The number of carbonyl (C=O) groups excluding carboxylic acids is 2. The van der Waals surface area contributed by atoms with E-state index in [1.54, 1.807) is 18.2 Å². The molecule has 3 rings (SSSR count). The monoisotopic (exact) mass is 541 g/mol. The van der Waals surface area contributed by atoms with Gasteiger partial charge in [0.25, 0.3) is 11.8 Å². The summed E-state index contributed by atoms with van der Waals surface area (Å²) in [5.41, 5.74) is 2.99. The van der Waals surface area contributed by atoms with Crippen molar-refractivity contribution in [3.63, 3.8) is 0 Å². The first-order chi connectivity index (χ1) is 16.2. The van der Waals surface area contributed by atoms with Gasteiger partial charge in [-0.05, 0) is 41.6 Å². The van der Waals surface area contributed by atoms with Crippen molar-refractivity contribution in [3.8, 4) is 17.2 Å². The van der Waals surface area contributed by atoms with E-state index in [1.807, 2.05) is 0 Å². The maximum atomic E-state index is 12.8. The molecule has 34 heavy (non-hydrogen) atoms. The zero-order valence-electron chi connectivity index (χ0n) is 17.7. The number of phenolic OH excluding ortho intramolecular Hbond substituents is 1. The number of hydrogen-bond acceptors (Lipinski definition) is 7. The molecule has 12 heteroatoms. The maximum absolute atomic E-state index is 12.8. The highest BCUT2D eigenvalue weighted by Gasteiger charge is 2.33. The topological polar surface area (TPSA) is 100 Å². The summed E-state index contributed by atoms with van der Waals surface area (Å²) in [6.07, 6.45) is 3.17. The lowest BCUT2D eigenvalue weighted by Crippen LogP contribution is -2.32. The molecule has 0 aromatic heterocycles. The molecule has 1 fully saturated rings. The summed E-state index contributed by atoms with van der Waals surface area (Å²) < 4.78 is 10.5. The Labute approximate surface area is 214 Å². The fraction of sp³-hybridized carbons (Fsp3) is 0.136. The van der Waals surface area contributed by atoms with Crippen LogP contribution >= 0.6 is 46.6 Å². The molecule has 0 saturated carbocycles. The zero-order valence-corrected chi connectivity index (χ0v) is 20.8. The number of benzene rings is 2. The van der Waals surface area contributed by atoms with Crippen molar-refractivity contribution in [2.45, 2.75) is 0 Å². The number of carbonyl (C=O) groups is 2. The van der Waals surface area contributed by atoms with Gasteiger partial charge < -0.3 is 14.6 Å². The van der Waals surface area contributed by atoms with Crippen molar-refractivity contribution < 1.29 is 24.2 Å². The Hall–Kier alpha value is -2.85. The third kappa shape index (κ3) is 6.18. The zero-order chi connectivity index (χ0) is 24.8. The second kappa shape index (κ2) is 11.5. The van der Waals surface area contributed by atoms with Gasteiger partial charge in [-0.3, -0.25) is 14.5 Å². The first-order valence-corrected chi connectivity index (χ1v) is 11.5. The second-order valence-electron chi connectivity index (χ2n) is 6.66. The predicted molar refractivity (Wildman–Crippen MR) is 135 cm³/mol. The number of halogens is 3. The number of hydrazone groups is 1. The standard InChI is InChI=1S/C22H18Cl3N3O5S/c1-3-6-28-21(31)19(8-12-4-5-16(29)18(7-12)32-2)34-22(28)27-26-20(30)11-33-17-10-14(24)13(23)9-15(17)25/h3-5,7-10,29H,1,6,11H2,2H3,(H,26,30). The molecule has 2 aromatic carbocycles. The highest BCUT2D eigenvalue weighted by Crippen LogP contribution is 2.35. The molecule has 1 aliphatic heterocycles. The summed E-state index contributed by atoms with van der Waals surface area (Å²) in [5, 5.41) is 14.7. The minimum absolute atomic E-state index is 0.0160. The number of methoxy groups -OCH3 is 1. The van der Waals surface area contributed by atoms with Gasteiger partial charge in [0.05, 0.1) is 27.1 Å². The Morgan fingerprint density at radius 1 is 1.21 bits per heavy atom. The van der Waals surface area contributed by atoms with Crippen molar-refractivity contribution in [3.05, 3.63) is 68.5 Å². The van der Waals surface area contributed by atoms with E-state index in [4.69, 9.17) is 44.3 Å². The first-order valence-electron chi connectivity index (χ1n) is 9.56. The second-order valence-corrected chi connectivity index (χ2v) is 8.89. The van der Waals surface area contributed by atoms with Crippen LogP contribution in [0.1, 0.15) is 5.56 Å². The predicted octanol–water partition coefficient (Wildman–Crippen LogP) is 4.93. The van der Waals surface area contributed by atoms with Gasteiger partial charge in [-0.2, -0.15) is 0 Å². The van der Waals surface area contributed by atoms with E-state index < -0.39 is 12.5 Å². The number of rotatable bonds is 8. The Kier molecular flexibility index (Phi) is 8.73. The number of hydrogen-bond donors (Lipinski definition) is 2. The largest absolute Gasteiger partial charge is 0.504 e. The molecule has 0 atom stereocenters. The lowest BCUT2D eigenvalue weighted by Gasteiger charge is -2.12. The van der Waals surface area contributed by atoms with Crippen LogP contribution in [-0.2, 0) is 9.59 Å². The number of amidine groups is 1. The van der Waals surface area contributed by atoms with Crippen LogP contribution in [0.3, 0.4) is 0 Å². The van der Waals surface area contributed by atoms with E-state index in [2.05, 4.69) is 17.1 Å².